The van der Waals surface area contributed by atoms with E-state index in [0.29, 0.717) is 28.9 Å². The summed E-state index contributed by atoms with van der Waals surface area (Å²) in [5.74, 6) is 0.376. The average molecular weight is 305 g/mol. The van der Waals surface area contributed by atoms with Crippen LogP contribution in [0.3, 0.4) is 0 Å². The van der Waals surface area contributed by atoms with E-state index in [1.54, 1.807) is 18.2 Å². The van der Waals surface area contributed by atoms with Gasteiger partial charge in [0.1, 0.15) is 5.52 Å². The van der Waals surface area contributed by atoms with Crippen LogP contribution in [0.5, 0.6) is 0 Å². The Labute approximate surface area is 128 Å². The maximum atomic E-state index is 12.4. The zero-order valence-corrected chi connectivity index (χ0v) is 12.6. The van der Waals surface area contributed by atoms with Crippen molar-refractivity contribution in [1.82, 2.24) is 10.3 Å². The van der Waals surface area contributed by atoms with Gasteiger partial charge in [-0.1, -0.05) is 13.3 Å². The molecule has 0 radical (unpaired) electrons. The van der Waals surface area contributed by atoms with Crippen LogP contribution in [0.2, 0.25) is 0 Å². The molecule has 0 fully saturated rings. The summed E-state index contributed by atoms with van der Waals surface area (Å²) in [4.78, 5) is 16.4. The molecule has 1 aromatic carbocycles. The van der Waals surface area contributed by atoms with E-state index in [1.807, 2.05) is 0 Å². The number of carbonyl (C=O) groups is 1. The minimum atomic E-state index is -0.304. The van der Waals surface area contributed by atoms with Gasteiger partial charge in [0.05, 0.1) is 6.33 Å². The largest absolute Gasteiger partial charge is 0.441 e. The summed E-state index contributed by atoms with van der Waals surface area (Å²) in [6, 6.07) is 5.07. The molecule has 3 N–H and O–H groups in total. The van der Waals surface area contributed by atoms with E-state index >= 15 is 0 Å². The van der Waals surface area contributed by atoms with Gasteiger partial charge in [0.2, 0.25) is 0 Å². The van der Waals surface area contributed by atoms with Crippen molar-refractivity contribution in [3.8, 4) is 0 Å². The van der Waals surface area contributed by atoms with Crippen LogP contribution in [0, 0.1) is 0 Å². The van der Waals surface area contributed by atoms with Gasteiger partial charge in [-0.25, -0.2) is 9.37 Å². The second-order valence-electron chi connectivity index (χ2n) is 5.05. The highest BCUT2D eigenvalue weighted by atomic mass is 19.1. The number of amides is 1. The molecule has 2 rings (SSSR count). The molecule has 1 amide bonds. The predicted octanol–water partition coefficient (Wildman–Crippen LogP) is 2.71. The molecule has 0 saturated carbocycles. The lowest BCUT2D eigenvalue weighted by Gasteiger charge is -2.05. The minimum absolute atomic E-state index is 0.0682. The Balaban J connectivity index is 2.09. The lowest BCUT2D eigenvalue weighted by atomic mass is 10.2. The van der Waals surface area contributed by atoms with Crippen molar-refractivity contribution in [2.24, 2.45) is 5.73 Å². The normalized spacial score (nSPS) is 11.9. The number of hydrogen-bond acceptors (Lipinski definition) is 4. The van der Waals surface area contributed by atoms with Crippen molar-refractivity contribution in [3.63, 3.8) is 0 Å². The summed E-state index contributed by atoms with van der Waals surface area (Å²) in [5, 5.41) is 2.62. The molecule has 0 aliphatic heterocycles. The summed E-state index contributed by atoms with van der Waals surface area (Å²) in [5.41, 5.74) is 7.43. The highest BCUT2D eigenvalue weighted by Crippen LogP contribution is 2.18. The molecule has 1 aromatic heterocycles. The lowest BCUT2D eigenvalue weighted by molar-refractivity contribution is 0.0957. The Morgan fingerprint density at radius 1 is 1.50 bits per heavy atom. The van der Waals surface area contributed by atoms with Gasteiger partial charge in [0.25, 0.3) is 5.91 Å². The summed E-state index contributed by atoms with van der Waals surface area (Å²) in [6.07, 6.45) is 3.28. The monoisotopic (exact) mass is 305 g/mol. The fraction of sp³-hybridized carbons (Fsp3) is 0.375. The molecular weight excluding hydrogens is 285 g/mol. The van der Waals surface area contributed by atoms with Crippen LogP contribution in [0.1, 0.15) is 36.0 Å². The first-order valence-corrected chi connectivity index (χ1v) is 7.33. The molecule has 22 heavy (non-hydrogen) atoms. The van der Waals surface area contributed by atoms with Crippen molar-refractivity contribution in [2.75, 3.05) is 13.1 Å². The fourth-order valence-electron chi connectivity index (χ4n) is 2.00. The second-order valence-corrected chi connectivity index (χ2v) is 5.05. The highest BCUT2D eigenvalue weighted by Gasteiger charge is 2.11. The van der Waals surface area contributed by atoms with Gasteiger partial charge in [-0.05, 0) is 30.2 Å². The van der Waals surface area contributed by atoms with Gasteiger partial charge >= 0.3 is 0 Å². The van der Waals surface area contributed by atoms with Crippen LogP contribution in [-0.2, 0) is 6.42 Å². The molecule has 0 unspecified atom stereocenters. The van der Waals surface area contributed by atoms with Crippen LogP contribution in [-0.4, -0.2) is 24.0 Å². The summed E-state index contributed by atoms with van der Waals surface area (Å²) < 4.78 is 18.1. The molecule has 6 heteroatoms. The zero-order valence-electron chi connectivity index (χ0n) is 12.6. The number of aromatic nitrogens is 1. The highest BCUT2D eigenvalue weighted by molar-refractivity contribution is 5.97. The van der Waals surface area contributed by atoms with E-state index in [2.05, 4.69) is 17.2 Å². The van der Waals surface area contributed by atoms with Crippen LogP contribution < -0.4 is 11.1 Å². The number of halogens is 1. The Kier molecular flexibility index (Phi) is 5.66. The number of aryl methyl sites for hydroxylation is 1. The van der Waals surface area contributed by atoms with Gasteiger partial charge in [0, 0.05) is 25.1 Å². The summed E-state index contributed by atoms with van der Waals surface area (Å²) in [6.45, 7) is 2.26. The zero-order chi connectivity index (χ0) is 15.9. The molecule has 1 heterocycles. The van der Waals surface area contributed by atoms with Gasteiger partial charge in [-0.2, -0.15) is 0 Å². The van der Waals surface area contributed by atoms with E-state index in [0.717, 1.165) is 24.8 Å². The molecular formula is C16H20FN3O2. The van der Waals surface area contributed by atoms with Crippen molar-refractivity contribution in [1.29, 1.82) is 0 Å². The van der Waals surface area contributed by atoms with E-state index < -0.39 is 0 Å². The van der Waals surface area contributed by atoms with Gasteiger partial charge in [0.15, 0.2) is 11.5 Å². The molecule has 2 aromatic rings. The van der Waals surface area contributed by atoms with E-state index in [-0.39, 0.29) is 19.0 Å². The first kappa shape index (κ1) is 16.2. The Morgan fingerprint density at radius 2 is 2.32 bits per heavy atom. The molecule has 0 spiro atoms. The molecule has 118 valence electrons. The first-order valence-electron chi connectivity index (χ1n) is 7.33. The summed E-state index contributed by atoms with van der Waals surface area (Å²) in [7, 11) is 0. The third-order valence-electron chi connectivity index (χ3n) is 3.33. The third kappa shape index (κ3) is 3.92. The number of oxazole rings is 1. The minimum Gasteiger partial charge on any atom is -0.441 e. The third-order valence-corrected chi connectivity index (χ3v) is 3.33. The van der Waals surface area contributed by atoms with Crippen LogP contribution in [0.4, 0.5) is 4.39 Å². The predicted molar refractivity (Wildman–Crippen MR) is 83.2 cm³/mol. The number of rotatable bonds is 7. The Bertz CT molecular complexity index is 679. The number of carbonyl (C=O) groups excluding carboxylic acids is 1. The SMILES string of the molecule is CCCCc1nc2ccc(C(=O)NC/C(=C/F)CN)cc2o1. The van der Waals surface area contributed by atoms with Crippen LogP contribution in [0.15, 0.2) is 34.5 Å². The molecule has 0 saturated heterocycles. The number of nitrogens with one attached hydrogen (secondary N) is 1. The number of unbranched alkanes of at least 4 members (excludes halogenated alkanes) is 1. The molecule has 0 atom stereocenters. The van der Waals surface area contributed by atoms with Crippen LogP contribution >= 0.6 is 0 Å². The quantitative estimate of drug-likeness (QED) is 0.824. The molecule has 0 aliphatic carbocycles. The maximum absolute atomic E-state index is 12.4. The number of benzene rings is 1. The number of nitrogens with two attached hydrogens (primary N) is 1. The van der Waals surface area contributed by atoms with Gasteiger partial charge in [-0.15, -0.1) is 0 Å². The fourth-order valence-corrected chi connectivity index (χ4v) is 2.00. The Morgan fingerprint density at radius 3 is 3.00 bits per heavy atom. The van der Waals surface area contributed by atoms with E-state index in [4.69, 9.17) is 10.2 Å². The maximum Gasteiger partial charge on any atom is 0.251 e. The average Bonchev–Trinajstić information content (AvgIpc) is 2.95. The van der Waals surface area contributed by atoms with Crippen molar-refractivity contribution in [2.45, 2.75) is 26.2 Å². The lowest BCUT2D eigenvalue weighted by Crippen LogP contribution is -2.27. The van der Waals surface area contributed by atoms with Crippen molar-refractivity contribution in [3.05, 3.63) is 41.6 Å². The standard InChI is InChI=1S/C16H20FN3O2/c1-2-3-4-15-20-13-6-5-12(7-14(13)22-15)16(21)19-10-11(8-17)9-18/h5-8H,2-4,9-10,18H2,1H3,(H,19,21)/b11-8+. The van der Waals surface area contributed by atoms with E-state index in [1.165, 1.54) is 0 Å². The smallest absolute Gasteiger partial charge is 0.251 e. The van der Waals surface area contributed by atoms with Crippen molar-refractivity contribution < 1.29 is 13.6 Å². The molecule has 5 nitrogen and oxygen atoms in total. The van der Waals surface area contributed by atoms with Gasteiger partial charge < -0.3 is 15.5 Å². The summed E-state index contributed by atoms with van der Waals surface area (Å²) >= 11 is 0. The topological polar surface area (TPSA) is 81.2 Å². The second kappa shape index (κ2) is 7.70. The number of hydrogen-bond donors (Lipinski definition) is 2. The molecule has 0 bridgehead atoms. The van der Waals surface area contributed by atoms with E-state index in [9.17, 15) is 9.18 Å². The molecule has 0 aliphatic rings. The Hall–Kier alpha value is -2.21. The van der Waals surface area contributed by atoms with Gasteiger partial charge in [-0.3, -0.25) is 4.79 Å². The van der Waals surface area contributed by atoms with Crippen LogP contribution in [0.25, 0.3) is 11.1 Å². The number of nitrogens with zero attached hydrogens (tertiary/aromatic N) is 1. The number of fused-ring (bicyclic) bond motifs is 1. The first-order chi connectivity index (χ1) is 10.7. The van der Waals surface area contributed by atoms with Crippen molar-refractivity contribution >= 4 is 17.0 Å².